The quantitative estimate of drug-likeness (QED) is 0.868. The lowest BCUT2D eigenvalue weighted by Crippen LogP contribution is -2.34. The summed E-state index contributed by atoms with van der Waals surface area (Å²) < 4.78 is 25.4. The molecule has 0 amide bonds. The lowest BCUT2D eigenvalue weighted by Gasteiger charge is -2.24. The minimum absolute atomic E-state index is 0.0217. The molecule has 2 N–H and O–H groups in total. The van der Waals surface area contributed by atoms with Crippen LogP contribution in [0.25, 0.3) is 0 Å². The van der Waals surface area contributed by atoms with Crippen molar-refractivity contribution in [3.8, 4) is 0 Å². The van der Waals surface area contributed by atoms with Crippen molar-refractivity contribution in [3.05, 3.63) is 34.9 Å². The number of benzene rings is 1. The highest BCUT2D eigenvalue weighted by molar-refractivity contribution is 7.91. The van der Waals surface area contributed by atoms with Gasteiger partial charge in [-0.3, -0.25) is 0 Å². The fourth-order valence-corrected chi connectivity index (χ4v) is 5.57. The Morgan fingerprint density at radius 1 is 1.15 bits per heavy atom. The monoisotopic (exact) mass is 315 g/mol. The Kier molecular flexibility index (Phi) is 5.47. The molecule has 0 saturated heterocycles. The molecular formula is C15H22ClNO2S. The Bertz CT molecular complexity index is 545. The van der Waals surface area contributed by atoms with E-state index in [1.54, 1.807) is 12.1 Å². The molecule has 0 aromatic heterocycles. The average Bonchev–Trinajstić information content (AvgIpc) is 2.66. The fraction of sp³-hybridized carbons (Fsp3) is 0.600. The summed E-state index contributed by atoms with van der Waals surface area (Å²) in [5, 5.41) is 0.209. The molecule has 1 aromatic rings. The van der Waals surface area contributed by atoms with Crippen molar-refractivity contribution in [2.24, 2.45) is 11.7 Å². The van der Waals surface area contributed by atoms with Gasteiger partial charge in [-0.25, -0.2) is 8.42 Å². The number of halogens is 1. The van der Waals surface area contributed by atoms with Crippen LogP contribution in [0.15, 0.2) is 24.3 Å². The van der Waals surface area contributed by atoms with E-state index >= 15 is 0 Å². The molecule has 0 spiro atoms. The molecule has 1 saturated carbocycles. The summed E-state index contributed by atoms with van der Waals surface area (Å²) in [6.45, 7) is 0.451. The topological polar surface area (TPSA) is 60.2 Å². The van der Waals surface area contributed by atoms with E-state index in [2.05, 4.69) is 0 Å². The first kappa shape index (κ1) is 15.8. The number of hydrogen-bond donors (Lipinski definition) is 1. The Morgan fingerprint density at radius 2 is 1.85 bits per heavy atom. The molecule has 5 heteroatoms. The molecular weight excluding hydrogens is 294 g/mol. The SMILES string of the molecule is NCC1CCCCCC1S(=O)(=O)Cc1ccccc1Cl. The first-order chi connectivity index (χ1) is 9.54. The molecule has 2 atom stereocenters. The maximum Gasteiger partial charge on any atom is 0.157 e. The van der Waals surface area contributed by atoms with Crippen LogP contribution < -0.4 is 5.73 Å². The molecule has 1 aromatic carbocycles. The molecule has 3 nitrogen and oxygen atoms in total. The molecule has 0 radical (unpaired) electrons. The first-order valence-electron chi connectivity index (χ1n) is 7.19. The second-order valence-electron chi connectivity index (χ2n) is 5.57. The standard InChI is InChI=1S/C15H22ClNO2S/c16-14-8-5-4-7-13(14)11-20(18,19)15-9-3-1-2-6-12(15)10-17/h4-5,7-8,12,15H,1-3,6,9-11,17H2. The van der Waals surface area contributed by atoms with Crippen LogP contribution in [0, 0.1) is 5.92 Å². The van der Waals surface area contributed by atoms with E-state index in [-0.39, 0.29) is 16.9 Å². The van der Waals surface area contributed by atoms with Gasteiger partial charge in [0.15, 0.2) is 9.84 Å². The minimum atomic E-state index is -3.21. The zero-order valence-corrected chi connectivity index (χ0v) is 13.2. The Labute approximate surface area is 126 Å². The summed E-state index contributed by atoms with van der Waals surface area (Å²) in [6.07, 6.45) is 4.81. The van der Waals surface area contributed by atoms with E-state index in [4.69, 9.17) is 17.3 Å². The largest absolute Gasteiger partial charge is 0.330 e. The van der Waals surface area contributed by atoms with E-state index in [1.165, 1.54) is 0 Å². The van der Waals surface area contributed by atoms with Crippen molar-refractivity contribution in [3.63, 3.8) is 0 Å². The maximum absolute atomic E-state index is 12.7. The van der Waals surface area contributed by atoms with Gasteiger partial charge in [0, 0.05) is 5.02 Å². The summed E-state index contributed by atoms with van der Waals surface area (Å²) in [6, 6.07) is 7.16. The van der Waals surface area contributed by atoms with Crippen molar-refractivity contribution in [1.82, 2.24) is 0 Å². The summed E-state index contributed by atoms with van der Waals surface area (Å²) in [7, 11) is -3.21. The number of sulfone groups is 1. The van der Waals surface area contributed by atoms with Crippen molar-refractivity contribution in [2.45, 2.75) is 43.1 Å². The van der Waals surface area contributed by atoms with Crippen LogP contribution in [-0.2, 0) is 15.6 Å². The maximum atomic E-state index is 12.7. The van der Waals surface area contributed by atoms with Gasteiger partial charge in [-0.15, -0.1) is 0 Å². The van der Waals surface area contributed by atoms with Gasteiger partial charge >= 0.3 is 0 Å². The zero-order valence-electron chi connectivity index (χ0n) is 11.6. The highest BCUT2D eigenvalue weighted by Crippen LogP contribution is 2.31. The third kappa shape index (κ3) is 3.74. The number of nitrogens with two attached hydrogens (primary N) is 1. The molecule has 0 aliphatic heterocycles. The van der Waals surface area contributed by atoms with Crippen LogP contribution in [0.4, 0.5) is 0 Å². The molecule has 1 aliphatic carbocycles. The van der Waals surface area contributed by atoms with E-state index < -0.39 is 9.84 Å². The van der Waals surface area contributed by atoms with Gasteiger partial charge in [-0.2, -0.15) is 0 Å². The Balaban J connectivity index is 2.22. The molecule has 1 aliphatic rings. The predicted molar refractivity (Wildman–Crippen MR) is 83.5 cm³/mol. The third-order valence-corrected chi connectivity index (χ3v) is 6.79. The molecule has 1 fully saturated rings. The summed E-state index contributed by atoms with van der Waals surface area (Å²) in [5.41, 5.74) is 6.48. The van der Waals surface area contributed by atoms with Crippen molar-refractivity contribution in [1.29, 1.82) is 0 Å². The second-order valence-corrected chi connectivity index (χ2v) is 8.20. The van der Waals surface area contributed by atoms with Crippen molar-refractivity contribution >= 4 is 21.4 Å². The van der Waals surface area contributed by atoms with Gasteiger partial charge in [0.05, 0.1) is 11.0 Å². The van der Waals surface area contributed by atoms with E-state index in [1.807, 2.05) is 12.1 Å². The van der Waals surface area contributed by atoms with Crippen LogP contribution in [0.1, 0.15) is 37.7 Å². The second kappa shape index (κ2) is 6.92. The van der Waals surface area contributed by atoms with Crippen LogP contribution in [-0.4, -0.2) is 20.2 Å². The normalized spacial score (nSPS) is 24.3. The van der Waals surface area contributed by atoms with Crippen LogP contribution >= 0.6 is 11.6 Å². The highest BCUT2D eigenvalue weighted by atomic mass is 35.5. The van der Waals surface area contributed by atoms with Crippen LogP contribution in [0.5, 0.6) is 0 Å². The lowest BCUT2D eigenvalue weighted by atomic mass is 10.0. The van der Waals surface area contributed by atoms with Gasteiger partial charge in [0.2, 0.25) is 0 Å². The predicted octanol–water partition coefficient (Wildman–Crippen LogP) is 3.16. The average molecular weight is 316 g/mol. The summed E-state index contributed by atoms with van der Waals surface area (Å²) in [5.74, 6) is 0.110. The Hall–Kier alpha value is -0.580. The first-order valence-corrected chi connectivity index (χ1v) is 9.29. The minimum Gasteiger partial charge on any atom is -0.330 e. The molecule has 0 bridgehead atoms. The van der Waals surface area contributed by atoms with Crippen molar-refractivity contribution < 1.29 is 8.42 Å². The fourth-order valence-electron chi connectivity index (χ4n) is 3.03. The van der Waals surface area contributed by atoms with Gasteiger partial charge in [-0.05, 0) is 36.9 Å². The smallest absolute Gasteiger partial charge is 0.157 e. The molecule has 2 unspecified atom stereocenters. The number of hydrogen-bond acceptors (Lipinski definition) is 3. The van der Waals surface area contributed by atoms with Gasteiger partial charge < -0.3 is 5.73 Å². The van der Waals surface area contributed by atoms with E-state index in [0.29, 0.717) is 17.1 Å². The molecule has 20 heavy (non-hydrogen) atoms. The third-order valence-electron chi connectivity index (χ3n) is 4.17. The summed E-state index contributed by atoms with van der Waals surface area (Å²) in [4.78, 5) is 0. The Morgan fingerprint density at radius 3 is 2.55 bits per heavy atom. The molecule has 112 valence electrons. The molecule has 2 rings (SSSR count). The van der Waals surface area contributed by atoms with Crippen molar-refractivity contribution in [2.75, 3.05) is 6.54 Å². The van der Waals surface area contributed by atoms with Gasteiger partial charge in [0.25, 0.3) is 0 Å². The van der Waals surface area contributed by atoms with Crippen LogP contribution in [0.2, 0.25) is 5.02 Å². The van der Waals surface area contributed by atoms with Gasteiger partial charge in [-0.1, -0.05) is 49.1 Å². The summed E-state index contributed by atoms with van der Waals surface area (Å²) >= 11 is 6.08. The van der Waals surface area contributed by atoms with Crippen LogP contribution in [0.3, 0.4) is 0 Å². The molecule has 0 heterocycles. The lowest BCUT2D eigenvalue weighted by molar-refractivity contribution is 0.456. The highest BCUT2D eigenvalue weighted by Gasteiger charge is 2.33. The van der Waals surface area contributed by atoms with Gasteiger partial charge in [0.1, 0.15) is 0 Å². The van der Waals surface area contributed by atoms with E-state index in [0.717, 1.165) is 32.1 Å². The van der Waals surface area contributed by atoms with E-state index in [9.17, 15) is 8.42 Å². The zero-order chi connectivity index (χ0) is 14.6. The number of rotatable bonds is 4.